The van der Waals surface area contributed by atoms with Crippen LogP contribution in [-0.4, -0.2) is 16.7 Å². The highest BCUT2D eigenvalue weighted by Gasteiger charge is 2.15. The van der Waals surface area contributed by atoms with E-state index in [2.05, 4.69) is 4.98 Å². The van der Waals surface area contributed by atoms with Crippen LogP contribution in [0.15, 0.2) is 24.3 Å². The number of aliphatic hydroxyl groups is 1. The fourth-order valence-electron chi connectivity index (χ4n) is 1.58. The van der Waals surface area contributed by atoms with E-state index in [1.165, 1.54) is 23.5 Å². The number of thiazole rings is 1. The Morgan fingerprint density at radius 1 is 1.53 bits per heavy atom. The van der Waals surface area contributed by atoms with Crippen molar-refractivity contribution in [3.8, 4) is 10.6 Å². The molecule has 3 N–H and O–H groups in total. The Hall–Kier alpha value is -1.30. The molecule has 17 heavy (non-hydrogen) atoms. The SMILES string of the molecule is Cc1nc(-c2cccc(F)c2)sc1C(N)CO. The van der Waals surface area contributed by atoms with Crippen molar-refractivity contribution in [1.82, 2.24) is 4.98 Å². The summed E-state index contributed by atoms with van der Waals surface area (Å²) in [7, 11) is 0. The summed E-state index contributed by atoms with van der Waals surface area (Å²) in [4.78, 5) is 5.19. The highest BCUT2D eigenvalue weighted by Crippen LogP contribution is 2.31. The van der Waals surface area contributed by atoms with Crippen molar-refractivity contribution in [2.24, 2.45) is 5.73 Å². The van der Waals surface area contributed by atoms with Gasteiger partial charge < -0.3 is 10.8 Å². The van der Waals surface area contributed by atoms with Gasteiger partial charge in [-0.05, 0) is 19.1 Å². The molecule has 5 heteroatoms. The molecule has 2 aromatic rings. The minimum atomic E-state index is -0.421. The summed E-state index contributed by atoms with van der Waals surface area (Å²) in [6.45, 7) is 1.72. The highest BCUT2D eigenvalue weighted by molar-refractivity contribution is 7.15. The van der Waals surface area contributed by atoms with Crippen LogP contribution in [0, 0.1) is 12.7 Å². The number of aromatic nitrogens is 1. The molecule has 1 unspecified atom stereocenters. The van der Waals surface area contributed by atoms with Crippen LogP contribution >= 0.6 is 11.3 Å². The van der Waals surface area contributed by atoms with Crippen molar-refractivity contribution < 1.29 is 9.50 Å². The number of hydrogen-bond donors (Lipinski definition) is 2. The van der Waals surface area contributed by atoms with Gasteiger partial charge in [0.15, 0.2) is 0 Å². The fraction of sp³-hybridized carbons (Fsp3) is 0.250. The first-order valence-electron chi connectivity index (χ1n) is 5.21. The maximum absolute atomic E-state index is 13.1. The van der Waals surface area contributed by atoms with Crippen LogP contribution < -0.4 is 5.73 Å². The monoisotopic (exact) mass is 252 g/mol. The molecular weight excluding hydrogens is 239 g/mol. The van der Waals surface area contributed by atoms with Crippen LogP contribution in [0.1, 0.15) is 16.6 Å². The summed E-state index contributed by atoms with van der Waals surface area (Å²) in [6.07, 6.45) is 0. The third-order valence-corrected chi connectivity index (χ3v) is 3.78. The van der Waals surface area contributed by atoms with Gasteiger partial charge in [-0.15, -0.1) is 11.3 Å². The first-order valence-corrected chi connectivity index (χ1v) is 6.03. The zero-order valence-electron chi connectivity index (χ0n) is 9.35. The zero-order valence-corrected chi connectivity index (χ0v) is 10.2. The van der Waals surface area contributed by atoms with E-state index < -0.39 is 6.04 Å². The largest absolute Gasteiger partial charge is 0.394 e. The molecule has 0 bridgehead atoms. The predicted molar refractivity (Wildman–Crippen MR) is 66.3 cm³/mol. The molecule has 0 spiro atoms. The summed E-state index contributed by atoms with van der Waals surface area (Å²) in [5.41, 5.74) is 7.28. The molecule has 1 aromatic carbocycles. The summed E-state index contributed by atoms with van der Waals surface area (Å²) < 4.78 is 13.1. The average molecular weight is 252 g/mol. The first kappa shape index (κ1) is 12.2. The molecule has 1 heterocycles. The standard InChI is InChI=1S/C12H13FN2OS/c1-7-11(10(14)6-16)17-12(15-7)8-3-2-4-9(13)5-8/h2-5,10,16H,6,14H2,1H3. The number of rotatable bonds is 3. The molecule has 3 nitrogen and oxygen atoms in total. The molecule has 2 rings (SSSR count). The third-order valence-electron chi connectivity index (χ3n) is 2.44. The molecule has 0 aliphatic rings. The normalized spacial score (nSPS) is 12.7. The lowest BCUT2D eigenvalue weighted by Gasteiger charge is -2.04. The Balaban J connectivity index is 2.41. The predicted octanol–water partition coefficient (Wildman–Crippen LogP) is 2.25. The lowest BCUT2D eigenvalue weighted by Crippen LogP contribution is -2.13. The fourth-order valence-corrected chi connectivity index (χ4v) is 2.64. The second-order valence-electron chi connectivity index (χ2n) is 3.77. The molecule has 0 saturated carbocycles. The summed E-state index contributed by atoms with van der Waals surface area (Å²) in [5.74, 6) is -0.289. The van der Waals surface area contributed by atoms with Gasteiger partial charge in [0, 0.05) is 10.4 Å². The average Bonchev–Trinajstić information content (AvgIpc) is 2.70. The van der Waals surface area contributed by atoms with Crippen LogP contribution in [-0.2, 0) is 0 Å². The number of aliphatic hydroxyl groups excluding tert-OH is 1. The van der Waals surface area contributed by atoms with Gasteiger partial charge in [0.05, 0.1) is 18.3 Å². The van der Waals surface area contributed by atoms with E-state index in [9.17, 15) is 4.39 Å². The van der Waals surface area contributed by atoms with Crippen LogP contribution in [0.3, 0.4) is 0 Å². The Bertz CT molecular complexity index is 527. The van der Waals surface area contributed by atoms with E-state index in [1.807, 2.05) is 6.92 Å². The van der Waals surface area contributed by atoms with Crippen molar-refractivity contribution in [2.75, 3.05) is 6.61 Å². The first-order chi connectivity index (χ1) is 8.11. The molecule has 0 radical (unpaired) electrons. The summed E-state index contributed by atoms with van der Waals surface area (Å²) in [5, 5.41) is 9.75. The molecule has 1 atom stereocenters. The molecule has 0 aliphatic carbocycles. The topological polar surface area (TPSA) is 59.1 Å². The minimum Gasteiger partial charge on any atom is -0.394 e. The van der Waals surface area contributed by atoms with Crippen molar-refractivity contribution >= 4 is 11.3 Å². The number of halogens is 1. The van der Waals surface area contributed by atoms with Gasteiger partial charge in [0.1, 0.15) is 10.8 Å². The number of nitrogens with two attached hydrogens (primary N) is 1. The second-order valence-corrected chi connectivity index (χ2v) is 4.80. The molecule has 1 aromatic heterocycles. The maximum atomic E-state index is 13.1. The van der Waals surface area contributed by atoms with Gasteiger partial charge in [-0.3, -0.25) is 0 Å². The van der Waals surface area contributed by atoms with Crippen LogP contribution in [0.5, 0.6) is 0 Å². The summed E-state index contributed by atoms with van der Waals surface area (Å²) in [6, 6.07) is 5.86. The van der Waals surface area contributed by atoms with Crippen molar-refractivity contribution in [2.45, 2.75) is 13.0 Å². The van der Waals surface area contributed by atoms with Gasteiger partial charge in [-0.2, -0.15) is 0 Å². The van der Waals surface area contributed by atoms with Crippen molar-refractivity contribution in [3.05, 3.63) is 40.7 Å². The van der Waals surface area contributed by atoms with E-state index in [1.54, 1.807) is 12.1 Å². The smallest absolute Gasteiger partial charge is 0.124 e. The Labute approximate surface area is 103 Å². The molecule has 90 valence electrons. The third kappa shape index (κ3) is 2.52. The Kier molecular flexibility index (Phi) is 3.51. The molecule has 0 saturated heterocycles. The van der Waals surface area contributed by atoms with E-state index in [-0.39, 0.29) is 12.4 Å². The van der Waals surface area contributed by atoms with Crippen LogP contribution in [0.25, 0.3) is 10.6 Å². The summed E-state index contributed by atoms with van der Waals surface area (Å²) >= 11 is 1.39. The lowest BCUT2D eigenvalue weighted by molar-refractivity contribution is 0.269. The molecular formula is C12H13FN2OS. The van der Waals surface area contributed by atoms with Crippen molar-refractivity contribution in [1.29, 1.82) is 0 Å². The van der Waals surface area contributed by atoms with E-state index >= 15 is 0 Å². The van der Waals surface area contributed by atoms with Crippen LogP contribution in [0.2, 0.25) is 0 Å². The quantitative estimate of drug-likeness (QED) is 0.880. The molecule has 0 fully saturated rings. The van der Waals surface area contributed by atoms with Crippen LogP contribution in [0.4, 0.5) is 4.39 Å². The van der Waals surface area contributed by atoms with Gasteiger partial charge in [-0.1, -0.05) is 12.1 Å². The molecule has 0 aliphatic heterocycles. The van der Waals surface area contributed by atoms with Crippen molar-refractivity contribution in [3.63, 3.8) is 0 Å². The van der Waals surface area contributed by atoms with Gasteiger partial charge in [-0.25, -0.2) is 9.37 Å². The van der Waals surface area contributed by atoms with E-state index in [0.717, 1.165) is 21.1 Å². The van der Waals surface area contributed by atoms with E-state index in [4.69, 9.17) is 10.8 Å². The number of benzene rings is 1. The number of aryl methyl sites for hydroxylation is 1. The second kappa shape index (κ2) is 4.91. The van der Waals surface area contributed by atoms with Gasteiger partial charge in [0.25, 0.3) is 0 Å². The van der Waals surface area contributed by atoms with Gasteiger partial charge >= 0.3 is 0 Å². The Morgan fingerprint density at radius 2 is 2.29 bits per heavy atom. The minimum absolute atomic E-state index is 0.119. The Morgan fingerprint density at radius 3 is 2.94 bits per heavy atom. The number of hydrogen-bond acceptors (Lipinski definition) is 4. The number of nitrogens with zero attached hydrogens (tertiary/aromatic N) is 1. The maximum Gasteiger partial charge on any atom is 0.124 e. The van der Waals surface area contributed by atoms with Gasteiger partial charge in [0.2, 0.25) is 0 Å². The zero-order chi connectivity index (χ0) is 12.4. The molecule has 0 amide bonds. The van der Waals surface area contributed by atoms with E-state index in [0.29, 0.717) is 0 Å². The lowest BCUT2D eigenvalue weighted by atomic mass is 10.2. The highest BCUT2D eigenvalue weighted by atomic mass is 32.1.